The van der Waals surface area contributed by atoms with E-state index < -0.39 is 28.1 Å². The van der Waals surface area contributed by atoms with Crippen molar-refractivity contribution in [3.05, 3.63) is 64.1 Å². The Balaban J connectivity index is 2.08. The second kappa shape index (κ2) is 8.83. The second-order valence-corrected chi connectivity index (χ2v) is 8.11. The van der Waals surface area contributed by atoms with Crippen molar-refractivity contribution in [3.63, 3.8) is 0 Å². The van der Waals surface area contributed by atoms with Gasteiger partial charge in [0.2, 0.25) is 10.0 Å². The quantitative estimate of drug-likeness (QED) is 0.675. The molecule has 0 aromatic heterocycles. The SMILES string of the molecule is C[C@H](O)[C@@H](NS(=O)(=O)c1ccc(Cl)cc1)C(=O)OCc1ccc(Cl)cc1. The predicted molar refractivity (Wildman–Crippen MR) is 98.5 cm³/mol. The molecule has 0 spiro atoms. The Bertz CT molecular complexity index is 852. The fraction of sp³-hybridized carbons (Fsp3) is 0.235. The normalized spacial score (nSPS) is 13.8. The van der Waals surface area contributed by atoms with Gasteiger partial charge in [0.25, 0.3) is 0 Å². The summed E-state index contributed by atoms with van der Waals surface area (Å²) < 4.78 is 32.0. The lowest BCUT2D eigenvalue weighted by Crippen LogP contribution is -2.48. The van der Waals surface area contributed by atoms with Crippen molar-refractivity contribution >= 4 is 39.2 Å². The number of rotatable bonds is 7. The average Bonchev–Trinajstić information content (AvgIpc) is 2.59. The molecule has 2 rings (SSSR count). The van der Waals surface area contributed by atoms with Crippen LogP contribution in [0.25, 0.3) is 0 Å². The highest BCUT2D eigenvalue weighted by Gasteiger charge is 2.31. The van der Waals surface area contributed by atoms with Crippen molar-refractivity contribution in [1.82, 2.24) is 4.72 Å². The maximum Gasteiger partial charge on any atom is 0.327 e. The molecule has 0 aliphatic heterocycles. The molecule has 0 heterocycles. The minimum absolute atomic E-state index is 0.0815. The molecule has 26 heavy (non-hydrogen) atoms. The lowest BCUT2D eigenvalue weighted by molar-refractivity contribution is -0.149. The fourth-order valence-electron chi connectivity index (χ4n) is 2.02. The number of halogens is 2. The van der Waals surface area contributed by atoms with Gasteiger partial charge in [0.05, 0.1) is 11.0 Å². The van der Waals surface area contributed by atoms with Crippen LogP contribution in [0.1, 0.15) is 12.5 Å². The van der Waals surface area contributed by atoms with E-state index in [-0.39, 0.29) is 11.5 Å². The van der Waals surface area contributed by atoms with E-state index in [0.29, 0.717) is 15.6 Å². The number of nitrogens with one attached hydrogen (secondary N) is 1. The summed E-state index contributed by atoms with van der Waals surface area (Å²) >= 11 is 11.5. The highest BCUT2D eigenvalue weighted by Crippen LogP contribution is 2.15. The molecule has 140 valence electrons. The van der Waals surface area contributed by atoms with E-state index in [4.69, 9.17) is 27.9 Å². The molecule has 0 aliphatic rings. The maximum atomic E-state index is 12.4. The van der Waals surface area contributed by atoms with Gasteiger partial charge in [-0.1, -0.05) is 35.3 Å². The molecule has 2 aromatic rings. The number of aliphatic hydroxyl groups is 1. The second-order valence-electron chi connectivity index (χ2n) is 5.53. The molecule has 2 atom stereocenters. The van der Waals surface area contributed by atoms with Gasteiger partial charge < -0.3 is 9.84 Å². The Morgan fingerprint density at radius 1 is 1.08 bits per heavy atom. The Morgan fingerprint density at radius 2 is 1.58 bits per heavy atom. The molecule has 0 bridgehead atoms. The molecule has 2 N–H and O–H groups in total. The first-order valence-electron chi connectivity index (χ1n) is 7.56. The molecule has 0 unspecified atom stereocenters. The highest BCUT2D eigenvalue weighted by molar-refractivity contribution is 7.89. The highest BCUT2D eigenvalue weighted by atomic mass is 35.5. The monoisotopic (exact) mass is 417 g/mol. The molecule has 6 nitrogen and oxygen atoms in total. The van der Waals surface area contributed by atoms with E-state index in [1.165, 1.54) is 31.2 Å². The summed E-state index contributed by atoms with van der Waals surface area (Å²) in [5, 5.41) is 10.7. The summed E-state index contributed by atoms with van der Waals surface area (Å²) in [5.74, 6) is -0.896. The number of carbonyl (C=O) groups is 1. The fourth-order valence-corrected chi connectivity index (χ4v) is 3.53. The van der Waals surface area contributed by atoms with Crippen LogP contribution in [0.4, 0.5) is 0 Å². The van der Waals surface area contributed by atoms with E-state index in [0.717, 1.165) is 0 Å². The zero-order valence-corrected chi connectivity index (χ0v) is 16.1. The van der Waals surface area contributed by atoms with Gasteiger partial charge in [-0.15, -0.1) is 0 Å². The summed E-state index contributed by atoms with van der Waals surface area (Å²) in [4.78, 5) is 12.1. The van der Waals surface area contributed by atoms with Crippen molar-refractivity contribution in [2.75, 3.05) is 0 Å². The third kappa shape index (κ3) is 5.69. The van der Waals surface area contributed by atoms with E-state index in [9.17, 15) is 18.3 Å². The van der Waals surface area contributed by atoms with Crippen LogP contribution >= 0.6 is 23.2 Å². The van der Waals surface area contributed by atoms with E-state index in [1.807, 2.05) is 0 Å². The van der Waals surface area contributed by atoms with Crippen molar-refractivity contribution in [1.29, 1.82) is 0 Å². The lowest BCUT2D eigenvalue weighted by Gasteiger charge is -2.20. The summed E-state index contributed by atoms with van der Waals surface area (Å²) in [6.07, 6.45) is -1.30. The molecular weight excluding hydrogens is 401 g/mol. The number of hydrogen-bond donors (Lipinski definition) is 2. The first kappa shape index (κ1) is 20.7. The molecule has 0 saturated heterocycles. The zero-order chi connectivity index (χ0) is 19.3. The third-order valence-electron chi connectivity index (χ3n) is 3.44. The summed E-state index contributed by atoms with van der Waals surface area (Å²) in [6.45, 7) is 1.21. The Labute approximate surface area is 161 Å². The first-order chi connectivity index (χ1) is 12.2. The predicted octanol–water partition coefficient (Wildman–Crippen LogP) is 2.76. The molecule has 0 saturated carbocycles. The van der Waals surface area contributed by atoms with Gasteiger partial charge in [0, 0.05) is 10.0 Å². The van der Waals surface area contributed by atoms with Gasteiger partial charge >= 0.3 is 5.97 Å². The number of sulfonamides is 1. The Hall–Kier alpha value is -1.64. The Morgan fingerprint density at radius 3 is 2.08 bits per heavy atom. The van der Waals surface area contributed by atoms with Gasteiger partial charge in [0.1, 0.15) is 12.6 Å². The first-order valence-corrected chi connectivity index (χ1v) is 9.80. The van der Waals surface area contributed by atoms with Crippen LogP contribution in [0.15, 0.2) is 53.4 Å². The molecule has 2 aromatic carbocycles. The standard InChI is InChI=1S/C17H17Cl2NO5S/c1-11(21)16(17(22)25-10-12-2-4-13(18)5-3-12)20-26(23,24)15-8-6-14(19)7-9-15/h2-9,11,16,20-21H,10H2,1H3/t11-,16+/m0/s1. The average molecular weight is 418 g/mol. The zero-order valence-electron chi connectivity index (χ0n) is 13.7. The van der Waals surface area contributed by atoms with Crippen LogP contribution < -0.4 is 4.72 Å². The van der Waals surface area contributed by atoms with Crippen LogP contribution in [-0.4, -0.2) is 31.6 Å². The minimum atomic E-state index is -4.04. The van der Waals surface area contributed by atoms with Crippen molar-refractivity contribution in [2.45, 2.75) is 30.6 Å². The molecule has 0 amide bonds. The molecular formula is C17H17Cl2NO5S. The topological polar surface area (TPSA) is 92.7 Å². The largest absolute Gasteiger partial charge is 0.460 e. The van der Waals surface area contributed by atoms with Gasteiger partial charge in [-0.2, -0.15) is 4.72 Å². The molecule has 9 heteroatoms. The van der Waals surface area contributed by atoms with Crippen LogP contribution in [0.5, 0.6) is 0 Å². The lowest BCUT2D eigenvalue weighted by atomic mass is 10.2. The van der Waals surface area contributed by atoms with Gasteiger partial charge in [0.15, 0.2) is 0 Å². The minimum Gasteiger partial charge on any atom is -0.460 e. The summed E-state index contributed by atoms with van der Waals surface area (Å²) in [5.41, 5.74) is 0.674. The Kier molecular flexibility index (Phi) is 7.02. The van der Waals surface area contributed by atoms with Crippen molar-refractivity contribution < 1.29 is 23.1 Å². The smallest absolute Gasteiger partial charge is 0.327 e. The van der Waals surface area contributed by atoms with E-state index >= 15 is 0 Å². The molecule has 0 fully saturated rings. The number of hydrogen-bond acceptors (Lipinski definition) is 5. The van der Waals surface area contributed by atoms with Gasteiger partial charge in [-0.05, 0) is 48.9 Å². The van der Waals surface area contributed by atoms with Crippen LogP contribution in [-0.2, 0) is 26.2 Å². The number of ether oxygens (including phenoxy) is 1. The third-order valence-corrected chi connectivity index (χ3v) is 5.40. The van der Waals surface area contributed by atoms with Crippen LogP contribution in [0, 0.1) is 0 Å². The van der Waals surface area contributed by atoms with Crippen molar-refractivity contribution in [2.24, 2.45) is 0 Å². The van der Waals surface area contributed by atoms with Crippen LogP contribution in [0.2, 0.25) is 10.0 Å². The van der Waals surface area contributed by atoms with Crippen LogP contribution in [0.3, 0.4) is 0 Å². The van der Waals surface area contributed by atoms with Crippen molar-refractivity contribution in [3.8, 4) is 0 Å². The number of aliphatic hydroxyl groups excluding tert-OH is 1. The summed E-state index contributed by atoms with van der Waals surface area (Å²) in [6, 6.07) is 10.6. The van der Waals surface area contributed by atoms with E-state index in [1.54, 1.807) is 24.3 Å². The van der Waals surface area contributed by atoms with E-state index in [2.05, 4.69) is 4.72 Å². The molecule has 0 radical (unpaired) electrons. The maximum absolute atomic E-state index is 12.4. The number of esters is 1. The molecule has 0 aliphatic carbocycles. The number of benzene rings is 2. The summed E-state index contributed by atoms with van der Waals surface area (Å²) in [7, 11) is -4.04. The number of carbonyl (C=O) groups excluding carboxylic acids is 1. The van der Waals surface area contributed by atoms with Gasteiger partial charge in [-0.25, -0.2) is 8.42 Å². The van der Waals surface area contributed by atoms with Gasteiger partial charge in [-0.3, -0.25) is 4.79 Å².